The fourth-order valence-electron chi connectivity index (χ4n) is 4.12. The van der Waals surface area contributed by atoms with Crippen LogP contribution in [0.2, 0.25) is 0 Å². The van der Waals surface area contributed by atoms with Gasteiger partial charge in [0.05, 0.1) is 17.6 Å². The molecular formula is C26H29F2N5O4S. The summed E-state index contributed by atoms with van der Waals surface area (Å²) in [6.07, 6.45) is 5.82. The van der Waals surface area contributed by atoms with Crippen LogP contribution < -0.4 is 20.9 Å². The highest BCUT2D eigenvalue weighted by molar-refractivity contribution is 7.88. The number of nitrogens with zero attached hydrogens (tertiary/aromatic N) is 4. The van der Waals surface area contributed by atoms with E-state index in [0.717, 1.165) is 23.2 Å². The maximum Gasteiger partial charge on any atom is 0.316 e. The predicted octanol–water partition coefficient (Wildman–Crippen LogP) is 3.09. The van der Waals surface area contributed by atoms with Gasteiger partial charge < -0.3 is 15.4 Å². The van der Waals surface area contributed by atoms with Gasteiger partial charge in [0.1, 0.15) is 23.9 Å². The first-order chi connectivity index (χ1) is 18.2. The van der Waals surface area contributed by atoms with E-state index in [1.165, 1.54) is 10.5 Å². The molecule has 38 heavy (non-hydrogen) atoms. The number of rotatable bonds is 9. The Balaban J connectivity index is 1.57. The molecule has 202 valence electrons. The number of hydrogen-bond acceptors (Lipinski definition) is 7. The van der Waals surface area contributed by atoms with Crippen LogP contribution in [0.3, 0.4) is 0 Å². The van der Waals surface area contributed by atoms with Gasteiger partial charge in [-0.3, -0.25) is 4.79 Å². The summed E-state index contributed by atoms with van der Waals surface area (Å²) in [5.74, 6) is -1.87. The summed E-state index contributed by atoms with van der Waals surface area (Å²) in [4.78, 5) is 15.2. The maximum atomic E-state index is 13.8. The molecule has 0 atom stereocenters. The minimum absolute atomic E-state index is 0.0383. The lowest BCUT2D eigenvalue weighted by molar-refractivity contribution is 0.347. The van der Waals surface area contributed by atoms with Crippen LogP contribution in [0.4, 0.5) is 20.2 Å². The Morgan fingerprint density at radius 1 is 1.03 bits per heavy atom. The molecule has 0 aliphatic carbocycles. The van der Waals surface area contributed by atoms with E-state index in [4.69, 9.17) is 10.5 Å². The number of ether oxygens (including phenoxy) is 1. The quantitative estimate of drug-likeness (QED) is 0.325. The van der Waals surface area contributed by atoms with Crippen molar-refractivity contribution in [1.82, 2.24) is 14.1 Å². The molecule has 12 heteroatoms. The molecule has 0 spiro atoms. The lowest BCUT2D eigenvalue weighted by Gasteiger charge is -2.35. The van der Waals surface area contributed by atoms with Crippen LogP contribution in [-0.2, 0) is 15.8 Å². The van der Waals surface area contributed by atoms with Crippen molar-refractivity contribution in [3.8, 4) is 11.4 Å². The molecule has 1 fully saturated rings. The molecule has 9 nitrogen and oxygen atoms in total. The van der Waals surface area contributed by atoms with Gasteiger partial charge in [0, 0.05) is 37.9 Å². The lowest BCUT2D eigenvalue weighted by Crippen LogP contribution is -2.49. The van der Waals surface area contributed by atoms with Gasteiger partial charge in [0.15, 0.2) is 0 Å². The summed E-state index contributed by atoms with van der Waals surface area (Å²) in [5, 5.41) is 4.13. The number of halogens is 2. The van der Waals surface area contributed by atoms with Crippen molar-refractivity contribution < 1.29 is 21.9 Å². The van der Waals surface area contributed by atoms with Gasteiger partial charge in [-0.05, 0) is 36.2 Å². The number of aromatic nitrogens is 2. The monoisotopic (exact) mass is 545 g/mol. The van der Waals surface area contributed by atoms with E-state index in [2.05, 4.69) is 5.10 Å². The molecule has 0 bridgehead atoms. The van der Waals surface area contributed by atoms with Crippen molar-refractivity contribution in [3.63, 3.8) is 0 Å². The average molecular weight is 546 g/mol. The molecule has 0 saturated carbocycles. The Morgan fingerprint density at radius 2 is 1.68 bits per heavy atom. The average Bonchev–Trinajstić information content (AvgIpc) is 2.88. The number of anilines is 2. The number of piperazine rings is 1. The number of hydrogen-bond donors (Lipinski definition) is 1. The summed E-state index contributed by atoms with van der Waals surface area (Å²) in [5.41, 5.74) is 6.50. The van der Waals surface area contributed by atoms with Gasteiger partial charge in [-0.25, -0.2) is 17.2 Å². The predicted molar refractivity (Wildman–Crippen MR) is 142 cm³/mol. The third-order valence-electron chi connectivity index (χ3n) is 6.03. The van der Waals surface area contributed by atoms with E-state index >= 15 is 0 Å². The van der Waals surface area contributed by atoms with Crippen LogP contribution in [0.1, 0.15) is 18.9 Å². The SMILES string of the molecule is CC/C=C\COc1c(N2CCN(S(=O)(=O)Cc3ccc(N)cc3)CC2)cnn(-c2cc(F)cc(F)c2)c1=O. The van der Waals surface area contributed by atoms with Gasteiger partial charge in [0.2, 0.25) is 15.8 Å². The van der Waals surface area contributed by atoms with Crippen molar-refractivity contribution in [3.05, 3.63) is 88.4 Å². The highest BCUT2D eigenvalue weighted by atomic mass is 32.2. The molecule has 1 aliphatic heterocycles. The highest BCUT2D eigenvalue weighted by Crippen LogP contribution is 2.27. The molecule has 0 amide bonds. The molecule has 2 N–H and O–H groups in total. The number of allylic oxidation sites excluding steroid dienone is 1. The number of nitrogen functional groups attached to an aromatic ring is 1. The van der Waals surface area contributed by atoms with Crippen molar-refractivity contribution in [2.24, 2.45) is 0 Å². The smallest absolute Gasteiger partial charge is 0.316 e. The molecule has 0 radical (unpaired) electrons. The van der Waals surface area contributed by atoms with Crippen LogP contribution >= 0.6 is 0 Å². The Hall–Kier alpha value is -3.77. The van der Waals surface area contributed by atoms with E-state index in [0.29, 0.717) is 36.1 Å². The summed E-state index contributed by atoms with van der Waals surface area (Å²) in [6.45, 7) is 3.05. The first kappa shape index (κ1) is 27.3. The maximum absolute atomic E-state index is 13.8. The summed E-state index contributed by atoms with van der Waals surface area (Å²) < 4.78 is 61.6. The standard InChI is InChI=1S/C26H29F2N5O4S/c1-2-3-4-13-37-25-24(17-30-33(26(25)34)23-15-20(27)14-21(28)16-23)31-9-11-32(12-10-31)38(35,36)18-19-5-7-22(29)8-6-19/h3-8,14-17H,2,9-13,18,29H2,1H3/b4-3-. The zero-order chi connectivity index (χ0) is 27.3. The third kappa shape index (κ3) is 6.37. The summed E-state index contributed by atoms with van der Waals surface area (Å²) in [6, 6.07) is 9.40. The zero-order valence-electron chi connectivity index (χ0n) is 20.9. The fourth-order valence-corrected chi connectivity index (χ4v) is 5.64. The molecule has 1 saturated heterocycles. The minimum atomic E-state index is -3.57. The summed E-state index contributed by atoms with van der Waals surface area (Å²) >= 11 is 0. The minimum Gasteiger partial charge on any atom is -0.482 e. The third-order valence-corrected chi connectivity index (χ3v) is 7.88. The topological polar surface area (TPSA) is 111 Å². The van der Waals surface area contributed by atoms with Gasteiger partial charge >= 0.3 is 5.56 Å². The number of nitrogens with two attached hydrogens (primary N) is 1. The molecule has 1 aliphatic rings. The molecule has 1 aromatic heterocycles. The van der Waals surface area contributed by atoms with Crippen molar-refractivity contribution in [2.45, 2.75) is 19.1 Å². The Labute approximate surface area is 219 Å². The molecule has 3 aromatic rings. The second-order valence-corrected chi connectivity index (χ2v) is 10.7. The van der Waals surface area contributed by atoms with Crippen molar-refractivity contribution >= 4 is 21.4 Å². The van der Waals surface area contributed by atoms with E-state index in [1.54, 1.807) is 30.3 Å². The first-order valence-electron chi connectivity index (χ1n) is 12.1. The van der Waals surface area contributed by atoms with Crippen LogP contribution in [0.15, 0.2) is 65.6 Å². The van der Waals surface area contributed by atoms with E-state index in [9.17, 15) is 22.0 Å². The second kappa shape index (κ2) is 11.7. The Kier molecular flexibility index (Phi) is 8.42. The fraction of sp³-hybridized carbons (Fsp3) is 0.308. The van der Waals surface area contributed by atoms with Crippen molar-refractivity contribution in [1.29, 1.82) is 0 Å². The van der Waals surface area contributed by atoms with Gasteiger partial charge in [-0.1, -0.05) is 31.2 Å². The van der Waals surface area contributed by atoms with E-state index in [-0.39, 0.29) is 36.9 Å². The Morgan fingerprint density at radius 3 is 2.32 bits per heavy atom. The largest absolute Gasteiger partial charge is 0.482 e. The zero-order valence-corrected chi connectivity index (χ0v) is 21.7. The molecule has 0 unspecified atom stereocenters. The second-order valence-electron chi connectivity index (χ2n) is 8.78. The number of sulfonamides is 1. The molecule has 2 aromatic carbocycles. The molecule has 2 heterocycles. The van der Waals surface area contributed by atoms with Gasteiger partial charge in [-0.15, -0.1) is 0 Å². The number of benzene rings is 2. The van der Waals surface area contributed by atoms with Gasteiger partial charge in [0.25, 0.3) is 0 Å². The van der Waals surface area contributed by atoms with Crippen molar-refractivity contribution in [2.75, 3.05) is 43.4 Å². The van der Waals surface area contributed by atoms with Crippen LogP contribution in [0.25, 0.3) is 5.69 Å². The van der Waals surface area contributed by atoms with E-state index in [1.807, 2.05) is 17.9 Å². The lowest BCUT2D eigenvalue weighted by atomic mass is 10.2. The molecule has 4 rings (SSSR count). The first-order valence-corrected chi connectivity index (χ1v) is 13.7. The van der Waals surface area contributed by atoms with Crippen LogP contribution in [0, 0.1) is 11.6 Å². The van der Waals surface area contributed by atoms with Crippen LogP contribution in [0.5, 0.6) is 5.75 Å². The van der Waals surface area contributed by atoms with Crippen LogP contribution in [-0.4, -0.2) is 55.3 Å². The highest BCUT2D eigenvalue weighted by Gasteiger charge is 2.29. The molecular weight excluding hydrogens is 516 g/mol. The summed E-state index contributed by atoms with van der Waals surface area (Å²) in [7, 11) is -3.57. The van der Waals surface area contributed by atoms with Gasteiger partial charge in [-0.2, -0.15) is 14.1 Å². The normalized spacial score (nSPS) is 14.8. The Bertz CT molecular complexity index is 1450. The van der Waals surface area contributed by atoms with E-state index < -0.39 is 27.2 Å².